The number of hydrogen-bond donors (Lipinski definition) is 2. The lowest BCUT2D eigenvalue weighted by Crippen LogP contribution is -2.49. The molecule has 0 spiro atoms. The number of carbonyl (C=O) groups excluding carboxylic acids is 3. The Morgan fingerprint density at radius 3 is 1.90 bits per heavy atom. The van der Waals surface area contributed by atoms with Crippen molar-refractivity contribution in [1.82, 2.24) is 20.0 Å². The summed E-state index contributed by atoms with van der Waals surface area (Å²) in [5, 5.41) is 7.04. The maximum atomic E-state index is 12.5. The number of anilines is 1. The van der Waals surface area contributed by atoms with Crippen LogP contribution in [0.2, 0.25) is 0 Å². The molecule has 2 aliphatic rings. The van der Waals surface area contributed by atoms with E-state index in [0.717, 1.165) is 50.0 Å². The Bertz CT molecular complexity index is 1310. The Hall–Kier alpha value is -3.82. The van der Waals surface area contributed by atoms with E-state index in [9.17, 15) is 14.4 Å². The van der Waals surface area contributed by atoms with Crippen LogP contribution >= 0.6 is 0 Å². The molecule has 5 rings (SSSR count). The summed E-state index contributed by atoms with van der Waals surface area (Å²) >= 11 is 0. The number of benzene rings is 2. The topological polar surface area (TPSA) is 122 Å². The molecule has 42 heavy (non-hydrogen) atoms. The van der Waals surface area contributed by atoms with Gasteiger partial charge in [-0.25, -0.2) is 0 Å². The number of Topliss-reactive ketones (excluding diaryl/α,β-unsaturated/α-hetero) is 2. The number of likely N-dealkylation sites (tertiary alicyclic amines) is 2. The highest BCUT2D eigenvalue weighted by atomic mass is 16.5. The van der Waals surface area contributed by atoms with E-state index in [4.69, 9.17) is 10.5 Å². The van der Waals surface area contributed by atoms with Gasteiger partial charge in [-0.3, -0.25) is 29.3 Å². The molecule has 9 heteroatoms. The van der Waals surface area contributed by atoms with Gasteiger partial charge in [-0.05, 0) is 50.6 Å². The molecule has 0 aliphatic carbocycles. The molecule has 2 aromatic carbocycles. The Kier molecular flexibility index (Phi) is 11.0. The number of ether oxygens (including phenoxy) is 1. The highest BCUT2D eigenvalue weighted by molar-refractivity contribution is 5.98. The van der Waals surface area contributed by atoms with Crippen LogP contribution in [-0.4, -0.2) is 76.9 Å². The first-order valence-electron chi connectivity index (χ1n) is 14.8. The molecular weight excluding hydrogens is 530 g/mol. The van der Waals surface area contributed by atoms with E-state index < -0.39 is 0 Å². The Labute approximate surface area is 248 Å². The number of nitrogens with one attached hydrogen (secondary N) is 1. The summed E-state index contributed by atoms with van der Waals surface area (Å²) in [5.41, 5.74) is 8.19. The lowest BCUT2D eigenvalue weighted by atomic mass is 9.90. The summed E-state index contributed by atoms with van der Waals surface area (Å²) < 4.78 is 4.86. The van der Waals surface area contributed by atoms with Crippen LogP contribution < -0.4 is 5.73 Å². The van der Waals surface area contributed by atoms with Gasteiger partial charge in [0.15, 0.2) is 11.6 Å². The Morgan fingerprint density at radius 1 is 0.857 bits per heavy atom. The zero-order valence-electron chi connectivity index (χ0n) is 24.9. The zero-order valence-corrected chi connectivity index (χ0v) is 24.9. The van der Waals surface area contributed by atoms with E-state index in [1.807, 2.05) is 71.6 Å². The van der Waals surface area contributed by atoms with Crippen molar-refractivity contribution in [1.29, 1.82) is 0 Å². The smallest absolute Gasteiger partial charge is 0.323 e. The lowest BCUT2D eigenvalue weighted by molar-refractivity contribution is -0.148. The molecule has 2 saturated heterocycles. The number of hydrogen-bond acceptors (Lipinski definition) is 8. The second kappa shape index (κ2) is 14.9. The highest BCUT2D eigenvalue weighted by Crippen LogP contribution is 2.33. The average Bonchev–Trinajstić information content (AvgIpc) is 3.45. The standard InChI is InChI=1S/C17H22N4O.C16H21NO3/c1-12-7-8-21(11-16(22)13-5-3-2-4-6-13)15(9-12)14-10-17(18)20-19-14;1-12-8-9-17(14(10-12)16(19)20-2)11-15(18)13-6-4-3-5-7-13/h2-6,10,12,15H,7-9,11H2,1H3,(H3,18,19,20);3-7,12,14H,8-11H2,1-2H3. The average molecular weight is 574 g/mol. The number of nitrogen functional groups attached to an aromatic ring is 1. The summed E-state index contributed by atoms with van der Waals surface area (Å²) in [6.45, 7) is 6.77. The minimum atomic E-state index is -0.295. The van der Waals surface area contributed by atoms with Crippen molar-refractivity contribution < 1.29 is 19.1 Å². The first kappa shape index (κ1) is 31.1. The molecule has 9 nitrogen and oxygen atoms in total. The molecule has 4 unspecified atom stereocenters. The molecule has 3 N–H and O–H groups in total. The molecule has 0 saturated carbocycles. The fourth-order valence-electron chi connectivity index (χ4n) is 5.79. The van der Waals surface area contributed by atoms with Gasteiger partial charge in [0.05, 0.1) is 31.9 Å². The number of aromatic amines is 1. The van der Waals surface area contributed by atoms with E-state index in [0.29, 0.717) is 29.8 Å². The zero-order chi connectivity index (χ0) is 30.1. The van der Waals surface area contributed by atoms with Crippen molar-refractivity contribution in [3.05, 3.63) is 83.6 Å². The van der Waals surface area contributed by atoms with Crippen LogP contribution in [0.3, 0.4) is 0 Å². The second-order valence-electron chi connectivity index (χ2n) is 11.6. The number of methoxy groups -OCH3 is 1. The number of rotatable bonds is 8. The minimum Gasteiger partial charge on any atom is -0.468 e. The molecule has 1 aromatic heterocycles. The van der Waals surface area contributed by atoms with Gasteiger partial charge in [0.1, 0.15) is 11.9 Å². The molecule has 3 aromatic rings. The normalized spacial score (nSPS) is 22.9. The minimum absolute atomic E-state index is 0.0501. The van der Waals surface area contributed by atoms with Crippen LogP contribution in [0.1, 0.15) is 72.0 Å². The van der Waals surface area contributed by atoms with Gasteiger partial charge in [0.25, 0.3) is 0 Å². The highest BCUT2D eigenvalue weighted by Gasteiger charge is 2.34. The quantitative estimate of drug-likeness (QED) is 0.291. The van der Waals surface area contributed by atoms with Gasteiger partial charge in [-0.2, -0.15) is 5.10 Å². The van der Waals surface area contributed by atoms with Gasteiger partial charge in [-0.1, -0.05) is 74.5 Å². The van der Waals surface area contributed by atoms with Crippen LogP contribution in [0.4, 0.5) is 5.82 Å². The van der Waals surface area contributed by atoms with Crippen LogP contribution in [0.5, 0.6) is 0 Å². The number of nitrogens with two attached hydrogens (primary N) is 1. The second-order valence-corrected chi connectivity index (χ2v) is 11.6. The molecule has 0 amide bonds. The number of ketones is 2. The third-order valence-electron chi connectivity index (χ3n) is 8.29. The van der Waals surface area contributed by atoms with Gasteiger partial charge in [0, 0.05) is 17.2 Å². The third-order valence-corrected chi connectivity index (χ3v) is 8.29. The van der Waals surface area contributed by atoms with Gasteiger partial charge in [-0.15, -0.1) is 0 Å². The lowest BCUT2D eigenvalue weighted by Gasteiger charge is -2.37. The summed E-state index contributed by atoms with van der Waals surface area (Å²) in [6, 6.07) is 20.4. The number of esters is 1. The van der Waals surface area contributed by atoms with E-state index in [1.165, 1.54) is 7.11 Å². The maximum absolute atomic E-state index is 12.5. The van der Waals surface area contributed by atoms with E-state index in [2.05, 4.69) is 28.9 Å². The molecule has 2 aliphatic heterocycles. The molecule has 3 heterocycles. The predicted molar refractivity (Wildman–Crippen MR) is 163 cm³/mol. The number of aromatic nitrogens is 2. The van der Waals surface area contributed by atoms with Crippen LogP contribution in [0, 0.1) is 11.8 Å². The van der Waals surface area contributed by atoms with Crippen LogP contribution in [-0.2, 0) is 9.53 Å². The van der Waals surface area contributed by atoms with Crippen molar-refractivity contribution in [3.8, 4) is 0 Å². The summed E-state index contributed by atoms with van der Waals surface area (Å²) in [4.78, 5) is 40.8. The molecule has 224 valence electrons. The molecule has 0 bridgehead atoms. The van der Waals surface area contributed by atoms with Crippen LogP contribution in [0.15, 0.2) is 66.7 Å². The van der Waals surface area contributed by atoms with E-state index in [-0.39, 0.29) is 36.2 Å². The SMILES string of the molecule is CC1CCN(CC(=O)c2ccccc2)C(c2cc(N)n[nH]2)C1.COC(=O)C1CC(C)CCN1CC(=O)c1ccccc1. The Morgan fingerprint density at radius 2 is 1.38 bits per heavy atom. The fourth-order valence-corrected chi connectivity index (χ4v) is 5.79. The Balaban J connectivity index is 0.000000194. The molecule has 0 radical (unpaired) electrons. The molecule has 2 fully saturated rings. The van der Waals surface area contributed by atoms with Gasteiger partial charge in [0.2, 0.25) is 0 Å². The summed E-state index contributed by atoms with van der Waals surface area (Å²) in [7, 11) is 1.40. The van der Waals surface area contributed by atoms with E-state index in [1.54, 1.807) is 0 Å². The van der Waals surface area contributed by atoms with Crippen molar-refractivity contribution in [2.24, 2.45) is 11.8 Å². The van der Waals surface area contributed by atoms with Crippen molar-refractivity contribution in [2.45, 2.75) is 51.6 Å². The van der Waals surface area contributed by atoms with Crippen molar-refractivity contribution >= 4 is 23.4 Å². The van der Waals surface area contributed by atoms with Crippen molar-refractivity contribution in [3.63, 3.8) is 0 Å². The fraction of sp³-hybridized carbons (Fsp3) is 0.455. The number of nitrogens with zero attached hydrogens (tertiary/aromatic N) is 3. The summed E-state index contributed by atoms with van der Waals surface area (Å²) in [6.07, 6.45) is 3.90. The largest absolute Gasteiger partial charge is 0.468 e. The van der Waals surface area contributed by atoms with Crippen molar-refractivity contribution in [2.75, 3.05) is 39.0 Å². The number of piperidine rings is 2. The first-order chi connectivity index (χ1) is 20.2. The molecular formula is C33H43N5O4. The maximum Gasteiger partial charge on any atom is 0.323 e. The number of carbonyl (C=O) groups is 3. The monoisotopic (exact) mass is 573 g/mol. The van der Waals surface area contributed by atoms with E-state index >= 15 is 0 Å². The first-order valence-corrected chi connectivity index (χ1v) is 14.8. The summed E-state index contributed by atoms with van der Waals surface area (Å²) in [5.74, 6) is 1.60. The third kappa shape index (κ3) is 8.36. The number of H-pyrrole nitrogens is 1. The van der Waals surface area contributed by atoms with Gasteiger partial charge >= 0.3 is 5.97 Å². The van der Waals surface area contributed by atoms with Crippen LogP contribution in [0.25, 0.3) is 0 Å². The van der Waals surface area contributed by atoms with Gasteiger partial charge < -0.3 is 10.5 Å². The molecule has 4 atom stereocenters. The predicted octanol–water partition coefficient (Wildman–Crippen LogP) is 4.79.